The fourth-order valence-electron chi connectivity index (χ4n) is 1.70. The standard InChI is InChI=1S/C13H11Br2NO/c1-8-12(3-2-4-16-8)13(17)9-5-10(14)7-11(15)6-9/h2-7,13,17H,1H3. The van der Waals surface area contributed by atoms with E-state index in [0.717, 1.165) is 25.8 Å². The van der Waals surface area contributed by atoms with E-state index >= 15 is 0 Å². The third-order valence-electron chi connectivity index (χ3n) is 2.54. The summed E-state index contributed by atoms with van der Waals surface area (Å²) in [5.74, 6) is 0. The molecule has 2 aromatic rings. The predicted octanol–water partition coefficient (Wildman–Crippen LogP) is 4.00. The van der Waals surface area contributed by atoms with Gasteiger partial charge in [0.2, 0.25) is 0 Å². The van der Waals surface area contributed by atoms with Gasteiger partial charge in [0.1, 0.15) is 6.10 Å². The van der Waals surface area contributed by atoms with E-state index in [1.54, 1.807) is 6.20 Å². The molecule has 0 saturated heterocycles. The second-order valence-corrected chi connectivity index (χ2v) is 5.61. The molecule has 0 bridgehead atoms. The SMILES string of the molecule is Cc1ncccc1C(O)c1cc(Br)cc(Br)c1. The number of benzene rings is 1. The fraction of sp³-hybridized carbons (Fsp3) is 0.154. The maximum Gasteiger partial charge on any atom is 0.106 e. The molecule has 2 rings (SSSR count). The van der Waals surface area contributed by atoms with Crippen LogP contribution < -0.4 is 0 Å². The topological polar surface area (TPSA) is 33.1 Å². The van der Waals surface area contributed by atoms with Crippen molar-refractivity contribution in [2.24, 2.45) is 0 Å². The molecule has 1 heterocycles. The van der Waals surface area contributed by atoms with Gasteiger partial charge in [-0.05, 0) is 36.8 Å². The molecule has 0 aliphatic heterocycles. The Kier molecular flexibility index (Phi) is 3.97. The zero-order valence-corrected chi connectivity index (χ0v) is 12.4. The molecule has 88 valence electrons. The van der Waals surface area contributed by atoms with Crippen LogP contribution in [0, 0.1) is 6.92 Å². The van der Waals surface area contributed by atoms with Gasteiger partial charge in [-0.15, -0.1) is 0 Å². The number of hydrogen-bond acceptors (Lipinski definition) is 2. The number of rotatable bonds is 2. The summed E-state index contributed by atoms with van der Waals surface area (Å²) < 4.78 is 1.87. The highest BCUT2D eigenvalue weighted by Crippen LogP contribution is 2.28. The molecule has 1 unspecified atom stereocenters. The average Bonchev–Trinajstić information content (AvgIpc) is 2.27. The van der Waals surface area contributed by atoms with Gasteiger partial charge in [0.25, 0.3) is 0 Å². The molecular weight excluding hydrogens is 346 g/mol. The molecule has 1 aromatic heterocycles. The van der Waals surface area contributed by atoms with Crippen LogP contribution in [0.2, 0.25) is 0 Å². The Bertz CT molecular complexity index is 522. The number of halogens is 2. The summed E-state index contributed by atoms with van der Waals surface area (Å²) in [4.78, 5) is 4.19. The van der Waals surface area contributed by atoms with Crippen LogP contribution in [0.5, 0.6) is 0 Å². The highest BCUT2D eigenvalue weighted by Gasteiger charge is 2.14. The third-order valence-corrected chi connectivity index (χ3v) is 3.46. The van der Waals surface area contributed by atoms with Gasteiger partial charge in [0.15, 0.2) is 0 Å². The quantitative estimate of drug-likeness (QED) is 0.882. The van der Waals surface area contributed by atoms with E-state index in [4.69, 9.17) is 0 Å². The van der Waals surface area contributed by atoms with Crippen LogP contribution in [0.4, 0.5) is 0 Å². The number of pyridine rings is 1. The molecule has 0 fully saturated rings. The van der Waals surface area contributed by atoms with E-state index in [2.05, 4.69) is 36.8 Å². The summed E-state index contributed by atoms with van der Waals surface area (Å²) >= 11 is 6.83. The molecule has 1 N–H and O–H groups in total. The van der Waals surface area contributed by atoms with E-state index in [0.29, 0.717) is 0 Å². The van der Waals surface area contributed by atoms with Crippen LogP contribution in [-0.2, 0) is 0 Å². The van der Waals surface area contributed by atoms with Gasteiger partial charge in [-0.2, -0.15) is 0 Å². The first-order valence-electron chi connectivity index (χ1n) is 5.13. The maximum atomic E-state index is 10.3. The molecule has 0 spiro atoms. The lowest BCUT2D eigenvalue weighted by atomic mass is 10.0. The molecule has 2 nitrogen and oxygen atoms in total. The van der Waals surface area contributed by atoms with E-state index in [1.807, 2.05) is 37.3 Å². The fourth-order valence-corrected chi connectivity index (χ4v) is 3.03. The summed E-state index contributed by atoms with van der Waals surface area (Å²) in [6.45, 7) is 1.89. The molecule has 1 atom stereocenters. The van der Waals surface area contributed by atoms with E-state index < -0.39 is 6.10 Å². The first kappa shape index (κ1) is 12.7. The monoisotopic (exact) mass is 355 g/mol. The van der Waals surface area contributed by atoms with Crippen LogP contribution in [0.25, 0.3) is 0 Å². The van der Waals surface area contributed by atoms with Crippen molar-refractivity contribution < 1.29 is 5.11 Å². The molecule has 4 heteroatoms. The number of aryl methyl sites for hydroxylation is 1. The summed E-state index contributed by atoms with van der Waals surface area (Å²) in [5.41, 5.74) is 2.51. The molecule has 0 radical (unpaired) electrons. The molecule has 0 saturated carbocycles. The smallest absolute Gasteiger partial charge is 0.106 e. The lowest BCUT2D eigenvalue weighted by Gasteiger charge is -2.14. The number of aromatic nitrogens is 1. The normalized spacial score (nSPS) is 12.5. The molecule has 17 heavy (non-hydrogen) atoms. The van der Waals surface area contributed by atoms with Gasteiger partial charge < -0.3 is 5.11 Å². The Balaban J connectivity index is 2.43. The van der Waals surface area contributed by atoms with E-state index in [1.165, 1.54) is 0 Å². The number of hydrogen-bond donors (Lipinski definition) is 1. The minimum Gasteiger partial charge on any atom is -0.384 e. The van der Waals surface area contributed by atoms with Gasteiger partial charge in [0, 0.05) is 26.4 Å². The average molecular weight is 357 g/mol. The van der Waals surface area contributed by atoms with Crippen molar-refractivity contribution in [2.45, 2.75) is 13.0 Å². The largest absolute Gasteiger partial charge is 0.384 e. The summed E-state index contributed by atoms with van der Waals surface area (Å²) in [5, 5.41) is 10.3. The van der Waals surface area contributed by atoms with Gasteiger partial charge in [-0.3, -0.25) is 4.98 Å². The third kappa shape index (κ3) is 2.94. The zero-order valence-electron chi connectivity index (χ0n) is 9.19. The summed E-state index contributed by atoms with van der Waals surface area (Å²) in [7, 11) is 0. The molecule has 0 aliphatic carbocycles. The first-order chi connectivity index (χ1) is 8.08. The lowest BCUT2D eigenvalue weighted by molar-refractivity contribution is 0.219. The Morgan fingerprint density at radius 3 is 2.41 bits per heavy atom. The van der Waals surface area contributed by atoms with Gasteiger partial charge >= 0.3 is 0 Å². The predicted molar refractivity (Wildman–Crippen MR) is 74.9 cm³/mol. The Hall–Kier alpha value is -0.710. The first-order valence-corrected chi connectivity index (χ1v) is 6.72. The van der Waals surface area contributed by atoms with Gasteiger partial charge in [0.05, 0.1) is 0 Å². The van der Waals surface area contributed by atoms with Gasteiger partial charge in [-0.1, -0.05) is 37.9 Å². The Labute approximate surface area is 117 Å². The second kappa shape index (κ2) is 5.29. The van der Waals surface area contributed by atoms with Crippen LogP contribution in [0.3, 0.4) is 0 Å². The molecular formula is C13H11Br2NO. The van der Waals surface area contributed by atoms with Gasteiger partial charge in [-0.25, -0.2) is 0 Å². The zero-order chi connectivity index (χ0) is 12.4. The number of aliphatic hydroxyl groups excluding tert-OH is 1. The van der Waals surface area contributed by atoms with Crippen LogP contribution in [-0.4, -0.2) is 10.1 Å². The molecule has 0 amide bonds. The van der Waals surface area contributed by atoms with Crippen molar-refractivity contribution in [1.29, 1.82) is 0 Å². The van der Waals surface area contributed by atoms with Crippen LogP contribution in [0.1, 0.15) is 22.9 Å². The number of nitrogens with zero attached hydrogens (tertiary/aromatic N) is 1. The lowest BCUT2D eigenvalue weighted by Crippen LogP contribution is -2.03. The maximum absolute atomic E-state index is 10.3. The van der Waals surface area contributed by atoms with Crippen molar-refractivity contribution in [2.75, 3.05) is 0 Å². The highest BCUT2D eigenvalue weighted by molar-refractivity contribution is 9.11. The Morgan fingerprint density at radius 2 is 1.82 bits per heavy atom. The highest BCUT2D eigenvalue weighted by atomic mass is 79.9. The van der Waals surface area contributed by atoms with Crippen molar-refractivity contribution in [3.8, 4) is 0 Å². The number of aliphatic hydroxyl groups is 1. The van der Waals surface area contributed by atoms with E-state index in [-0.39, 0.29) is 0 Å². The molecule has 0 aliphatic rings. The van der Waals surface area contributed by atoms with Crippen LogP contribution in [0.15, 0.2) is 45.5 Å². The van der Waals surface area contributed by atoms with Crippen molar-refractivity contribution in [3.05, 3.63) is 62.3 Å². The summed E-state index contributed by atoms with van der Waals surface area (Å²) in [6, 6.07) is 9.47. The summed E-state index contributed by atoms with van der Waals surface area (Å²) in [6.07, 6.45) is 1.07. The second-order valence-electron chi connectivity index (χ2n) is 3.78. The van der Waals surface area contributed by atoms with Crippen molar-refractivity contribution in [3.63, 3.8) is 0 Å². The van der Waals surface area contributed by atoms with Crippen LogP contribution >= 0.6 is 31.9 Å². The minimum atomic E-state index is -0.655. The Morgan fingerprint density at radius 1 is 1.18 bits per heavy atom. The van der Waals surface area contributed by atoms with E-state index in [9.17, 15) is 5.11 Å². The van der Waals surface area contributed by atoms with Crippen molar-refractivity contribution >= 4 is 31.9 Å². The van der Waals surface area contributed by atoms with Crippen molar-refractivity contribution in [1.82, 2.24) is 4.98 Å². The molecule has 1 aromatic carbocycles. The minimum absolute atomic E-state index is 0.655.